The van der Waals surface area contributed by atoms with E-state index in [0.717, 1.165) is 22.3 Å². The fourth-order valence-electron chi connectivity index (χ4n) is 1.73. The van der Waals surface area contributed by atoms with Gasteiger partial charge in [0.2, 0.25) is 0 Å². The van der Waals surface area contributed by atoms with Crippen molar-refractivity contribution in [3.8, 4) is 0 Å². The molecule has 0 radical (unpaired) electrons. The number of nitrogens with zero attached hydrogens (tertiary/aromatic N) is 1. The van der Waals surface area contributed by atoms with E-state index >= 15 is 0 Å². The number of fused-ring (bicyclic) bond motifs is 3. The molecule has 15 heavy (non-hydrogen) atoms. The first-order valence-corrected chi connectivity index (χ1v) is 5.05. The summed E-state index contributed by atoms with van der Waals surface area (Å²) in [5.41, 5.74) is 2.43. The van der Waals surface area contributed by atoms with Crippen molar-refractivity contribution in [2.75, 3.05) is 0 Å². The third-order valence-corrected chi connectivity index (χ3v) is 2.64. The second-order valence-electron chi connectivity index (χ2n) is 3.43. The molecule has 0 aliphatic heterocycles. The van der Waals surface area contributed by atoms with E-state index in [1.54, 1.807) is 0 Å². The Bertz CT molecular complexity index is 711. The zero-order chi connectivity index (χ0) is 10.4. The Hall–Kier alpha value is -1.68. The fourth-order valence-corrected chi connectivity index (χ4v) is 2.01. The predicted molar refractivity (Wildman–Crippen MR) is 61.4 cm³/mol. The highest BCUT2D eigenvalue weighted by Crippen LogP contribution is 2.26. The molecule has 4 heteroatoms. The summed E-state index contributed by atoms with van der Waals surface area (Å²) in [7, 11) is 0. The van der Waals surface area contributed by atoms with Crippen LogP contribution in [-0.2, 0) is 0 Å². The lowest BCUT2D eigenvalue weighted by Crippen LogP contribution is -1.86. The third-order valence-electron chi connectivity index (χ3n) is 2.36. The summed E-state index contributed by atoms with van der Waals surface area (Å²) in [5.74, 6) is 0.805. The quantitative estimate of drug-likeness (QED) is 0.586. The standard InChI is InChI=1S/C11H8N2OS/c1-6-12-9-7-4-2-3-5-8(7)14-10(9)11(15)13-6/h2-5H,1H3,(H,12,13,15). The maximum Gasteiger partial charge on any atom is 0.188 e. The van der Waals surface area contributed by atoms with E-state index in [1.807, 2.05) is 31.2 Å². The number of hydrogen-bond donors (Lipinski definition) is 1. The van der Waals surface area contributed by atoms with Crippen LogP contribution >= 0.6 is 12.2 Å². The normalized spacial score (nSPS) is 11.3. The summed E-state index contributed by atoms with van der Waals surface area (Å²) in [4.78, 5) is 7.34. The average Bonchev–Trinajstić information content (AvgIpc) is 2.57. The van der Waals surface area contributed by atoms with E-state index in [1.165, 1.54) is 0 Å². The molecule has 2 heterocycles. The molecule has 0 aliphatic carbocycles. The minimum Gasteiger partial charge on any atom is -0.451 e. The lowest BCUT2D eigenvalue weighted by Gasteiger charge is -1.93. The first-order chi connectivity index (χ1) is 7.25. The largest absolute Gasteiger partial charge is 0.451 e. The molecule has 3 rings (SSSR count). The van der Waals surface area contributed by atoms with Crippen LogP contribution in [0.1, 0.15) is 5.82 Å². The molecular formula is C11H8N2OS. The number of para-hydroxylation sites is 1. The number of aromatic nitrogens is 2. The third kappa shape index (κ3) is 1.18. The monoisotopic (exact) mass is 216 g/mol. The molecule has 0 atom stereocenters. The molecule has 3 nitrogen and oxygen atoms in total. The summed E-state index contributed by atoms with van der Waals surface area (Å²) < 4.78 is 6.15. The smallest absolute Gasteiger partial charge is 0.188 e. The molecule has 74 valence electrons. The van der Waals surface area contributed by atoms with Gasteiger partial charge in [0.15, 0.2) is 10.2 Å². The SMILES string of the molecule is Cc1nc(=S)c2oc3ccccc3c2[nH]1. The van der Waals surface area contributed by atoms with E-state index in [2.05, 4.69) is 9.97 Å². The zero-order valence-electron chi connectivity index (χ0n) is 8.07. The summed E-state index contributed by atoms with van der Waals surface area (Å²) in [6.07, 6.45) is 0. The van der Waals surface area contributed by atoms with Crippen LogP contribution in [0.5, 0.6) is 0 Å². The van der Waals surface area contributed by atoms with E-state index in [4.69, 9.17) is 16.6 Å². The molecule has 2 aromatic heterocycles. The topological polar surface area (TPSA) is 41.8 Å². The van der Waals surface area contributed by atoms with Crippen molar-refractivity contribution < 1.29 is 4.42 Å². The van der Waals surface area contributed by atoms with Gasteiger partial charge in [0.1, 0.15) is 11.4 Å². The van der Waals surface area contributed by atoms with Gasteiger partial charge in [-0.2, -0.15) is 0 Å². The zero-order valence-corrected chi connectivity index (χ0v) is 8.89. The van der Waals surface area contributed by atoms with Gasteiger partial charge >= 0.3 is 0 Å². The van der Waals surface area contributed by atoms with Gasteiger partial charge in [0.05, 0.1) is 5.52 Å². The van der Waals surface area contributed by atoms with Crippen LogP contribution in [-0.4, -0.2) is 9.97 Å². The maximum atomic E-state index is 5.64. The van der Waals surface area contributed by atoms with E-state index in [-0.39, 0.29) is 0 Å². The molecule has 0 amide bonds. The van der Waals surface area contributed by atoms with Crippen LogP contribution in [0.25, 0.3) is 22.1 Å². The van der Waals surface area contributed by atoms with Gasteiger partial charge in [-0.25, -0.2) is 4.98 Å². The molecule has 3 aromatic rings. The van der Waals surface area contributed by atoms with Crippen LogP contribution in [0.3, 0.4) is 0 Å². The van der Waals surface area contributed by atoms with Gasteiger partial charge in [0.25, 0.3) is 0 Å². The van der Waals surface area contributed by atoms with Gasteiger partial charge in [-0.05, 0) is 19.1 Å². The highest BCUT2D eigenvalue weighted by atomic mass is 32.1. The van der Waals surface area contributed by atoms with Crippen molar-refractivity contribution >= 4 is 34.3 Å². The van der Waals surface area contributed by atoms with Crippen molar-refractivity contribution in [1.29, 1.82) is 0 Å². The van der Waals surface area contributed by atoms with Gasteiger partial charge in [-0.1, -0.05) is 24.4 Å². The molecule has 0 saturated heterocycles. The number of furan rings is 1. The number of rotatable bonds is 0. The molecule has 0 saturated carbocycles. The highest BCUT2D eigenvalue weighted by molar-refractivity contribution is 7.71. The number of nitrogens with one attached hydrogen (secondary N) is 1. The van der Waals surface area contributed by atoms with Gasteiger partial charge in [-0.3, -0.25) is 0 Å². The lowest BCUT2D eigenvalue weighted by atomic mass is 10.2. The number of aromatic amines is 1. The van der Waals surface area contributed by atoms with Crippen molar-refractivity contribution in [1.82, 2.24) is 9.97 Å². The van der Waals surface area contributed by atoms with Crippen LogP contribution in [0, 0.1) is 11.6 Å². The summed E-state index contributed by atoms with van der Waals surface area (Å²) in [6, 6.07) is 7.84. The molecular weight excluding hydrogens is 208 g/mol. The number of hydrogen-bond acceptors (Lipinski definition) is 3. The first kappa shape index (κ1) is 8.61. The van der Waals surface area contributed by atoms with Gasteiger partial charge in [-0.15, -0.1) is 0 Å². The lowest BCUT2D eigenvalue weighted by molar-refractivity contribution is 0.663. The predicted octanol–water partition coefficient (Wildman–Crippen LogP) is 3.35. The summed E-state index contributed by atoms with van der Waals surface area (Å²) in [6.45, 7) is 1.89. The first-order valence-electron chi connectivity index (χ1n) is 4.64. The highest BCUT2D eigenvalue weighted by Gasteiger charge is 2.08. The average molecular weight is 216 g/mol. The molecule has 0 bridgehead atoms. The Morgan fingerprint density at radius 1 is 1.33 bits per heavy atom. The molecule has 0 aliphatic rings. The molecule has 1 N–H and O–H groups in total. The number of benzene rings is 1. The number of H-pyrrole nitrogens is 1. The van der Waals surface area contributed by atoms with Crippen molar-refractivity contribution in [2.45, 2.75) is 6.92 Å². The molecule has 0 unspecified atom stereocenters. The second-order valence-corrected chi connectivity index (χ2v) is 3.82. The second kappa shape index (κ2) is 2.90. The molecule has 0 fully saturated rings. The van der Waals surface area contributed by atoms with Crippen LogP contribution < -0.4 is 0 Å². The molecule has 0 spiro atoms. The van der Waals surface area contributed by atoms with Crippen LogP contribution in [0.15, 0.2) is 28.7 Å². The van der Waals surface area contributed by atoms with Crippen molar-refractivity contribution in [2.24, 2.45) is 0 Å². The summed E-state index contributed by atoms with van der Waals surface area (Å²) in [5, 5.41) is 1.05. The van der Waals surface area contributed by atoms with Gasteiger partial charge in [0, 0.05) is 5.39 Å². The van der Waals surface area contributed by atoms with Crippen molar-refractivity contribution in [3.05, 3.63) is 34.7 Å². The Kier molecular flexibility index (Phi) is 1.67. The van der Waals surface area contributed by atoms with E-state index in [0.29, 0.717) is 10.2 Å². The van der Waals surface area contributed by atoms with Crippen LogP contribution in [0.2, 0.25) is 0 Å². The Morgan fingerprint density at radius 2 is 2.13 bits per heavy atom. The van der Waals surface area contributed by atoms with Crippen molar-refractivity contribution in [3.63, 3.8) is 0 Å². The fraction of sp³-hybridized carbons (Fsp3) is 0.0909. The number of aryl methyl sites for hydroxylation is 1. The van der Waals surface area contributed by atoms with E-state index < -0.39 is 0 Å². The Labute approximate surface area is 90.8 Å². The maximum absolute atomic E-state index is 5.64. The van der Waals surface area contributed by atoms with E-state index in [9.17, 15) is 0 Å². The van der Waals surface area contributed by atoms with Gasteiger partial charge < -0.3 is 9.40 Å². The molecule has 1 aromatic carbocycles. The Balaban J connectivity index is 2.67. The minimum absolute atomic E-state index is 0.512. The Morgan fingerprint density at radius 3 is 3.00 bits per heavy atom. The minimum atomic E-state index is 0.512. The summed E-state index contributed by atoms with van der Waals surface area (Å²) >= 11 is 5.16. The van der Waals surface area contributed by atoms with Crippen LogP contribution in [0.4, 0.5) is 0 Å².